The summed E-state index contributed by atoms with van der Waals surface area (Å²) in [5.74, 6) is -0.298. The molecule has 0 saturated carbocycles. The lowest BCUT2D eigenvalue weighted by atomic mass is 10.1. The molecule has 0 spiro atoms. The molecule has 2 aromatic rings. The molecule has 0 bridgehead atoms. The second-order valence-electron chi connectivity index (χ2n) is 4.95. The maximum atomic E-state index is 13.2. The van der Waals surface area contributed by atoms with E-state index < -0.39 is 12.6 Å². The molecule has 1 N–H and O–H groups in total. The molecule has 1 aromatic heterocycles. The van der Waals surface area contributed by atoms with Crippen molar-refractivity contribution in [3.05, 3.63) is 35.0 Å². The molecule has 1 heterocycles. The van der Waals surface area contributed by atoms with E-state index in [1.807, 2.05) is 13.0 Å². The summed E-state index contributed by atoms with van der Waals surface area (Å²) in [6, 6.07) is 6.37. The summed E-state index contributed by atoms with van der Waals surface area (Å²) in [4.78, 5) is 0.958. The van der Waals surface area contributed by atoms with E-state index in [-0.39, 0.29) is 18.3 Å². The molecule has 0 fully saturated rings. The molecule has 0 aliphatic carbocycles. The average Bonchev–Trinajstić information content (AvgIpc) is 2.79. The van der Waals surface area contributed by atoms with Crippen molar-refractivity contribution in [1.82, 2.24) is 5.32 Å². The van der Waals surface area contributed by atoms with E-state index in [4.69, 9.17) is 0 Å². The Bertz CT molecular complexity index is 591. The van der Waals surface area contributed by atoms with E-state index >= 15 is 0 Å². The molecular formula is C15H17F4NS. The van der Waals surface area contributed by atoms with Gasteiger partial charge < -0.3 is 5.32 Å². The van der Waals surface area contributed by atoms with E-state index in [2.05, 4.69) is 5.32 Å². The van der Waals surface area contributed by atoms with Crippen molar-refractivity contribution >= 4 is 21.4 Å². The number of rotatable bonds is 6. The minimum absolute atomic E-state index is 0.0871. The highest BCUT2D eigenvalue weighted by atomic mass is 32.1. The third kappa shape index (κ3) is 4.68. The van der Waals surface area contributed by atoms with Crippen LogP contribution in [0.2, 0.25) is 0 Å². The van der Waals surface area contributed by atoms with Crippen molar-refractivity contribution in [3.8, 4) is 0 Å². The van der Waals surface area contributed by atoms with Crippen LogP contribution in [0.5, 0.6) is 0 Å². The van der Waals surface area contributed by atoms with Crippen LogP contribution in [0.4, 0.5) is 17.6 Å². The molecule has 1 nitrogen and oxygen atoms in total. The number of thiophene rings is 1. The molecule has 1 atom stereocenters. The van der Waals surface area contributed by atoms with Crippen LogP contribution in [0, 0.1) is 5.82 Å². The predicted octanol–water partition coefficient (Wildman–Crippen LogP) is 5.42. The fourth-order valence-corrected chi connectivity index (χ4v) is 3.49. The largest absolute Gasteiger partial charge is 0.389 e. The molecule has 2 rings (SSSR count). The zero-order valence-corrected chi connectivity index (χ0v) is 12.5. The summed E-state index contributed by atoms with van der Waals surface area (Å²) in [6.07, 6.45) is -4.37. The summed E-state index contributed by atoms with van der Waals surface area (Å²) in [5.41, 5.74) is 0. The smallest absolute Gasteiger partial charge is 0.310 e. The highest BCUT2D eigenvalue weighted by molar-refractivity contribution is 7.19. The van der Waals surface area contributed by atoms with Gasteiger partial charge in [-0.15, -0.1) is 11.3 Å². The fraction of sp³-hybridized carbons (Fsp3) is 0.467. The van der Waals surface area contributed by atoms with Gasteiger partial charge in [-0.1, -0.05) is 13.0 Å². The predicted molar refractivity (Wildman–Crippen MR) is 78.1 cm³/mol. The summed E-state index contributed by atoms with van der Waals surface area (Å²) >= 11 is 1.43. The Morgan fingerprint density at radius 1 is 1.24 bits per heavy atom. The van der Waals surface area contributed by atoms with Gasteiger partial charge in [-0.25, -0.2) is 4.39 Å². The number of fused-ring (bicyclic) bond motifs is 1. The molecule has 1 aromatic carbocycles. The van der Waals surface area contributed by atoms with Crippen molar-refractivity contribution in [2.45, 2.75) is 38.4 Å². The van der Waals surface area contributed by atoms with Gasteiger partial charge in [0.1, 0.15) is 5.82 Å². The van der Waals surface area contributed by atoms with Crippen molar-refractivity contribution in [2.75, 3.05) is 6.54 Å². The molecule has 0 aliphatic rings. The Balaban J connectivity index is 2.11. The minimum atomic E-state index is -4.11. The lowest BCUT2D eigenvalue weighted by Gasteiger charge is -2.16. The first-order valence-electron chi connectivity index (χ1n) is 6.88. The van der Waals surface area contributed by atoms with Gasteiger partial charge in [0.05, 0.1) is 0 Å². The van der Waals surface area contributed by atoms with Crippen LogP contribution in [-0.2, 0) is 0 Å². The number of alkyl halides is 3. The van der Waals surface area contributed by atoms with E-state index in [1.165, 1.54) is 23.5 Å². The molecule has 116 valence electrons. The molecule has 0 saturated heterocycles. The third-order valence-electron chi connectivity index (χ3n) is 3.25. The lowest BCUT2D eigenvalue weighted by molar-refractivity contribution is -0.135. The van der Waals surface area contributed by atoms with Gasteiger partial charge in [0.15, 0.2) is 0 Å². The first kappa shape index (κ1) is 16.2. The Morgan fingerprint density at radius 2 is 2.00 bits per heavy atom. The second kappa shape index (κ2) is 6.75. The first-order valence-corrected chi connectivity index (χ1v) is 7.70. The fourth-order valence-electron chi connectivity index (χ4n) is 2.30. The topological polar surface area (TPSA) is 12.0 Å². The quantitative estimate of drug-likeness (QED) is 0.701. The highest BCUT2D eigenvalue weighted by Crippen LogP contribution is 2.33. The molecule has 21 heavy (non-hydrogen) atoms. The second-order valence-corrected chi connectivity index (χ2v) is 6.06. The maximum Gasteiger partial charge on any atom is 0.389 e. The Hall–Kier alpha value is -1.14. The van der Waals surface area contributed by atoms with Crippen molar-refractivity contribution in [2.24, 2.45) is 0 Å². The number of nitrogens with one attached hydrogen (secondary N) is 1. The van der Waals surface area contributed by atoms with Gasteiger partial charge in [0, 0.05) is 22.0 Å². The van der Waals surface area contributed by atoms with E-state index in [0.29, 0.717) is 13.0 Å². The Labute approximate surface area is 125 Å². The Kier molecular flexibility index (Phi) is 5.22. The van der Waals surface area contributed by atoms with E-state index in [0.717, 1.165) is 15.0 Å². The first-order chi connectivity index (χ1) is 9.89. The van der Waals surface area contributed by atoms with Gasteiger partial charge in [-0.2, -0.15) is 13.2 Å². The van der Waals surface area contributed by atoms with Crippen LogP contribution in [0.25, 0.3) is 10.1 Å². The zero-order valence-electron chi connectivity index (χ0n) is 11.6. The molecule has 6 heteroatoms. The summed E-state index contributed by atoms with van der Waals surface area (Å²) in [5, 5.41) is 4.14. The van der Waals surface area contributed by atoms with Gasteiger partial charge >= 0.3 is 6.18 Å². The number of benzene rings is 1. The van der Waals surface area contributed by atoms with E-state index in [1.54, 1.807) is 6.07 Å². The van der Waals surface area contributed by atoms with Crippen LogP contribution >= 0.6 is 11.3 Å². The van der Waals surface area contributed by atoms with Crippen molar-refractivity contribution in [1.29, 1.82) is 0 Å². The SMILES string of the molecule is CCNC(CCCC(F)(F)F)c1cc2ccc(F)cc2s1. The lowest BCUT2D eigenvalue weighted by Crippen LogP contribution is -2.20. The van der Waals surface area contributed by atoms with E-state index in [9.17, 15) is 17.6 Å². The number of hydrogen-bond acceptors (Lipinski definition) is 2. The van der Waals surface area contributed by atoms with Crippen LogP contribution < -0.4 is 5.32 Å². The van der Waals surface area contributed by atoms with Crippen LogP contribution in [0.15, 0.2) is 24.3 Å². The molecule has 0 radical (unpaired) electrons. The number of hydrogen-bond donors (Lipinski definition) is 1. The van der Waals surface area contributed by atoms with Crippen molar-refractivity contribution in [3.63, 3.8) is 0 Å². The minimum Gasteiger partial charge on any atom is -0.310 e. The maximum absolute atomic E-state index is 13.2. The molecule has 1 unspecified atom stereocenters. The van der Waals surface area contributed by atoms with Gasteiger partial charge in [0.25, 0.3) is 0 Å². The molecule has 0 amide bonds. The zero-order chi connectivity index (χ0) is 15.5. The van der Waals surface area contributed by atoms with Gasteiger partial charge in [-0.3, -0.25) is 0 Å². The van der Waals surface area contributed by atoms with Crippen molar-refractivity contribution < 1.29 is 17.6 Å². The third-order valence-corrected chi connectivity index (χ3v) is 4.46. The standard InChI is InChI=1S/C15H17F4NS/c1-2-20-12(4-3-7-15(17,18)19)14-8-10-5-6-11(16)9-13(10)21-14/h5-6,8-9,12,20H,2-4,7H2,1H3. The summed E-state index contributed by atoms with van der Waals surface area (Å²) in [6.45, 7) is 2.60. The number of halogens is 4. The highest BCUT2D eigenvalue weighted by Gasteiger charge is 2.27. The monoisotopic (exact) mass is 319 g/mol. The van der Waals surface area contributed by atoms with Crippen LogP contribution in [0.3, 0.4) is 0 Å². The molecular weight excluding hydrogens is 302 g/mol. The van der Waals surface area contributed by atoms with Crippen LogP contribution in [-0.4, -0.2) is 12.7 Å². The Morgan fingerprint density at radius 3 is 2.67 bits per heavy atom. The van der Waals surface area contributed by atoms with Crippen LogP contribution in [0.1, 0.15) is 37.1 Å². The summed E-state index contributed by atoms with van der Waals surface area (Å²) in [7, 11) is 0. The summed E-state index contributed by atoms with van der Waals surface area (Å²) < 4.78 is 50.8. The van der Waals surface area contributed by atoms with Gasteiger partial charge in [0.2, 0.25) is 0 Å². The normalized spacial score (nSPS) is 13.8. The average molecular weight is 319 g/mol. The van der Waals surface area contributed by atoms with Gasteiger partial charge in [-0.05, 0) is 43.0 Å². The molecule has 0 aliphatic heterocycles.